The smallest absolute Gasteiger partial charge is 0.308 e. The number of piperazine rings is 1. The highest BCUT2D eigenvalue weighted by molar-refractivity contribution is 8.00. The van der Waals surface area contributed by atoms with Gasteiger partial charge >= 0.3 is 5.97 Å². The molecule has 0 spiro atoms. The molecule has 2 aromatic rings. The monoisotopic (exact) mass is 614 g/mol. The molecule has 0 radical (unpaired) electrons. The number of benzene rings is 2. The van der Waals surface area contributed by atoms with Crippen molar-refractivity contribution >= 4 is 29.8 Å². The van der Waals surface area contributed by atoms with Gasteiger partial charge in [-0.25, -0.2) is 0 Å². The second-order valence-corrected chi connectivity index (χ2v) is 12.5. The van der Waals surface area contributed by atoms with E-state index in [9.17, 15) is 29.7 Å². The number of rotatable bonds is 7. The van der Waals surface area contributed by atoms with Crippen LogP contribution >= 0.6 is 11.8 Å². The van der Waals surface area contributed by atoms with E-state index >= 15 is 0 Å². The number of ether oxygens (including phenoxy) is 4. The lowest BCUT2D eigenvalue weighted by molar-refractivity contribution is -0.178. The number of carbonyl (C=O) groups is 3. The number of aliphatic hydroxyl groups is 2. The molecular weight excluding hydrogens is 580 g/mol. The molecule has 0 aromatic heterocycles. The van der Waals surface area contributed by atoms with Crippen LogP contribution in [0.5, 0.6) is 28.7 Å². The predicted molar refractivity (Wildman–Crippen MR) is 154 cm³/mol. The van der Waals surface area contributed by atoms with Crippen molar-refractivity contribution in [2.45, 2.75) is 62.8 Å². The quantitative estimate of drug-likeness (QED) is 0.180. The fraction of sp³-hybridized carbons (Fsp3) is 0.500. The van der Waals surface area contributed by atoms with Crippen LogP contribution in [0.2, 0.25) is 0 Å². The Balaban J connectivity index is 1.67. The van der Waals surface area contributed by atoms with E-state index in [0.29, 0.717) is 45.9 Å². The molecular formula is C30H34N2O10S. The average molecular weight is 615 g/mol. The average Bonchev–Trinajstić information content (AvgIpc) is 3.46. The molecule has 12 nitrogen and oxygen atoms in total. The molecule has 4 aliphatic heterocycles. The van der Waals surface area contributed by atoms with E-state index in [-0.39, 0.29) is 30.3 Å². The number of nitrogens with zero attached hydrogens (tertiary/aromatic N) is 2. The van der Waals surface area contributed by atoms with Gasteiger partial charge in [0.15, 0.2) is 29.3 Å². The van der Waals surface area contributed by atoms with E-state index < -0.39 is 54.0 Å². The highest BCUT2D eigenvalue weighted by Crippen LogP contribution is 2.63. The minimum absolute atomic E-state index is 0.0229. The van der Waals surface area contributed by atoms with Crippen LogP contribution in [0.3, 0.4) is 0 Å². The number of esters is 1. The zero-order valence-electron chi connectivity index (χ0n) is 24.4. The van der Waals surface area contributed by atoms with Crippen molar-refractivity contribution in [3.8, 4) is 28.7 Å². The number of fused-ring (bicyclic) bond motifs is 9. The Labute approximate surface area is 252 Å². The molecule has 13 heteroatoms. The number of likely N-dealkylation sites (N-methyl/N-ethyl adjacent to an activating group) is 1. The number of ketones is 1. The van der Waals surface area contributed by atoms with Crippen molar-refractivity contribution < 1.29 is 48.7 Å². The number of aldehydes is 1. The van der Waals surface area contributed by atoms with Crippen LogP contribution in [0.15, 0.2) is 6.07 Å². The summed E-state index contributed by atoms with van der Waals surface area (Å²) in [4.78, 5) is 40.0. The molecule has 0 aliphatic carbocycles. The molecule has 2 aromatic carbocycles. The minimum Gasteiger partial charge on any atom is -0.504 e. The van der Waals surface area contributed by atoms with Crippen LogP contribution in [0.25, 0.3) is 0 Å². The standard InChI is InChI=1S/C30H34N2O10S/c1-12-6-15-7-17-30(38)32-18(9-34)20-21(26(42-14(3)35)13(2)27-28(20)41-11-40-27)29(43-10-16(36)8-33)23(32)22(31(17)4)19(15)24(37)25(12)39-5/h6,8,17-18,22-23,29-30,34,37-38H,7,9-11H2,1-5H3/t17?,18-,22?,23?,29+,30-/m0/s1. The van der Waals surface area contributed by atoms with Gasteiger partial charge in [0, 0.05) is 35.2 Å². The third kappa shape index (κ3) is 4.32. The highest BCUT2D eigenvalue weighted by Gasteiger charge is 2.59. The van der Waals surface area contributed by atoms with Crippen LogP contribution in [0.4, 0.5) is 0 Å². The molecule has 4 aliphatic rings. The molecule has 1 saturated heterocycles. The molecule has 0 saturated carbocycles. The molecule has 230 valence electrons. The Hall–Kier alpha value is -3.36. The highest BCUT2D eigenvalue weighted by atomic mass is 32.2. The van der Waals surface area contributed by atoms with Crippen LogP contribution < -0.4 is 18.9 Å². The van der Waals surface area contributed by atoms with Crippen molar-refractivity contribution in [2.75, 3.05) is 33.3 Å². The zero-order chi connectivity index (χ0) is 30.9. The van der Waals surface area contributed by atoms with E-state index in [2.05, 4.69) is 0 Å². The van der Waals surface area contributed by atoms with E-state index in [4.69, 9.17) is 18.9 Å². The Morgan fingerprint density at radius 3 is 2.53 bits per heavy atom. The number of thioether (sulfide) groups is 1. The second kappa shape index (κ2) is 11.0. The van der Waals surface area contributed by atoms with Gasteiger partial charge in [-0.15, -0.1) is 11.8 Å². The summed E-state index contributed by atoms with van der Waals surface area (Å²) in [6.45, 7) is 4.33. The van der Waals surface area contributed by atoms with Gasteiger partial charge in [-0.1, -0.05) is 6.07 Å². The van der Waals surface area contributed by atoms with E-state index in [1.807, 2.05) is 29.8 Å². The third-order valence-electron chi connectivity index (χ3n) is 9.09. The van der Waals surface area contributed by atoms with Gasteiger partial charge in [-0.3, -0.25) is 24.2 Å². The molecule has 43 heavy (non-hydrogen) atoms. The molecule has 3 N–H and O–H groups in total. The third-order valence-corrected chi connectivity index (χ3v) is 10.4. The summed E-state index contributed by atoms with van der Waals surface area (Å²) in [5.74, 6) is -0.162. The van der Waals surface area contributed by atoms with Gasteiger partial charge in [0.2, 0.25) is 12.6 Å². The van der Waals surface area contributed by atoms with Gasteiger partial charge in [0.1, 0.15) is 12.0 Å². The summed E-state index contributed by atoms with van der Waals surface area (Å²) in [5.41, 5.74) is 3.71. The largest absolute Gasteiger partial charge is 0.504 e. The Morgan fingerprint density at radius 2 is 1.88 bits per heavy atom. The van der Waals surface area contributed by atoms with Crippen LogP contribution in [-0.2, 0) is 20.8 Å². The second-order valence-electron chi connectivity index (χ2n) is 11.3. The number of aromatic hydroxyl groups is 1. The lowest BCUT2D eigenvalue weighted by Crippen LogP contribution is -2.69. The number of aliphatic hydroxyl groups excluding tert-OH is 2. The Bertz CT molecular complexity index is 1530. The molecule has 1 fully saturated rings. The summed E-state index contributed by atoms with van der Waals surface area (Å²) in [6, 6.07) is -0.532. The molecule has 2 bridgehead atoms. The number of aryl methyl sites for hydroxylation is 1. The first-order chi connectivity index (χ1) is 20.5. The normalized spacial score (nSPS) is 27.1. The van der Waals surface area contributed by atoms with Crippen molar-refractivity contribution in [3.63, 3.8) is 0 Å². The van der Waals surface area contributed by atoms with Gasteiger partial charge in [-0.05, 0) is 38.4 Å². The fourth-order valence-corrected chi connectivity index (χ4v) is 8.77. The van der Waals surface area contributed by atoms with Gasteiger partial charge in [-0.2, -0.15) is 0 Å². The molecule has 0 amide bonds. The van der Waals surface area contributed by atoms with Crippen molar-refractivity contribution in [1.82, 2.24) is 9.80 Å². The number of carbonyl (C=O) groups excluding carboxylic acids is 3. The zero-order valence-corrected chi connectivity index (χ0v) is 25.3. The first-order valence-electron chi connectivity index (χ1n) is 14.0. The number of phenols is 1. The van der Waals surface area contributed by atoms with E-state index in [1.165, 1.54) is 25.8 Å². The first kappa shape index (κ1) is 29.7. The maximum Gasteiger partial charge on any atom is 0.308 e. The number of Topliss-reactive ketones (excluding diaryl/α,β-unsaturated/α-hetero) is 1. The van der Waals surface area contributed by atoms with Gasteiger partial charge in [0.25, 0.3) is 0 Å². The number of hydrogen-bond acceptors (Lipinski definition) is 13. The molecule has 3 unspecified atom stereocenters. The molecule has 6 atom stereocenters. The lowest BCUT2D eigenvalue weighted by Gasteiger charge is -2.61. The van der Waals surface area contributed by atoms with Crippen LogP contribution in [-0.4, -0.2) is 94.8 Å². The maximum absolute atomic E-state index is 12.4. The summed E-state index contributed by atoms with van der Waals surface area (Å²) in [6.07, 6.45) is -0.409. The number of phenolic OH excluding ortho intramolecular Hbond substituents is 1. The summed E-state index contributed by atoms with van der Waals surface area (Å²) in [5, 5.41) is 33.9. The summed E-state index contributed by atoms with van der Waals surface area (Å²) in [7, 11) is 3.35. The Morgan fingerprint density at radius 1 is 1.16 bits per heavy atom. The number of methoxy groups -OCH3 is 1. The summed E-state index contributed by atoms with van der Waals surface area (Å²) >= 11 is 1.17. The van der Waals surface area contributed by atoms with Gasteiger partial charge in [0.05, 0.1) is 42.8 Å². The minimum atomic E-state index is -1.09. The van der Waals surface area contributed by atoms with E-state index in [0.717, 1.165) is 11.1 Å². The summed E-state index contributed by atoms with van der Waals surface area (Å²) < 4.78 is 23.1. The lowest BCUT2D eigenvalue weighted by atomic mass is 9.73. The van der Waals surface area contributed by atoms with Crippen molar-refractivity contribution in [1.29, 1.82) is 0 Å². The Kier molecular flexibility index (Phi) is 7.58. The van der Waals surface area contributed by atoms with Crippen LogP contribution in [0, 0.1) is 13.8 Å². The predicted octanol–water partition coefficient (Wildman–Crippen LogP) is 1.86. The first-order valence-corrected chi connectivity index (χ1v) is 15.0. The molecule has 4 heterocycles. The molecule has 6 rings (SSSR count). The van der Waals surface area contributed by atoms with Crippen LogP contribution in [0.1, 0.15) is 57.6 Å². The SMILES string of the molecule is COc1c(C)cc2c(c1O)C1C3[C@H](SCC(=O)C=O)c4c(OC(C)=O)c(C)c5c(c4[C@H](CO)N3[C@@H](O)C(C2)N1C)OCO5. The maximum atomic E-state index is 12.4. The topological polar surface area (TPSA) is 155 Å². The van der Waals surface area contributed by atoms with Crippen molar-refractivity contribution in [2.24, 2.45) is 0 Å². The van der Waals surface area contributed by atoms with Gasteiger partial charge < -0.3 is 34.3 Å². The van der Waals surface area contributed by atoms with E-state index in [1.54, 1.807) is 6.92 Å². The fourth-order valence-electron chi connectivity index (χ4n) is 7.47. The van der Waals surface area contributed by atoms with Crippen molar-refractivity contribution in [3.05, 3.63) is 39.4 Å². The number of hydrogen-bond donors (Lipinski definition) is 3.